The Morgan fingerprint density at radius 2 is 2.14 bits per heavy atom. The lowest BCUT2D eigenvalue weighted by molar-refractivity contribution is 0.423. The van der Waals surface area contributed by atoms with Gasteiger partial charge in [-0.2, -0.15) is 4.98 Å². The Labute approximate surface area is 130 Å². The van der Waals surface area contributed by atoms with Crippen LogP contribution in [-0.2, 0) is 13.0 Å². The van der Waals surface area contributed by atoms with Gasteiger partial charge in [-0.05, 0) is 11.6 Å². The van der Waals surface area contributed by atoms with Gasteiger partial charge in [0.2, 0.25) is 0 Å². The van der Waals surface area contributed by atoms with Gasteiger partial charge in [0.1, 0.15) is 5.69 Å². The molecular weight excluding hydrogens is 334 g/mol. The molecular formula is C14H14BrN5O. The molecule has 0 aliphatic rings. The Kier molecular flexibility index (Phi) is 4.12. The van der Waals surface area contributed by atoms with E-state index in [2.05, 4.69) is 31.1 Å². The minimum absolute atomic E-state index is 0.424. The smallest absolute Gasteiger partial charge is 0.278 e. The molecule has 0 saturated heterocycles. The fourth-order valence-corrected chi connectivity index (χ4v) is 2.41. The highest BCUT2D eigenvalue weighted by atomic mass is 79.9. The molecule has 0 atom stereocenters. The molecule has 1 aromatic carbocycles. The first-order chi connectivity index (χ1) is 10.3. The highest BCUT2D eigenvalue weighted by Crippen LogP contribution is 2.20. The molecule has 0 fully saturated rings. The summed E-state index contributed by atoms with van der Waals surface area (Å²) in [6, 6.07) is 7.97. The lowest BCUT2D eigenvalue weighted by atomic mass is 10.1. The first kappa shape index (κ1) is 14.0. The zero-order valence-electron chi connectivity index (χ0n) is 11.2. The van der Waals surface area contributed by atoms with E-state index in [0.29, 0.717) is 36.9 Å². The summed E-state index contributed by atoms with van der Waals surface area (Å²) in [6.45, 7) is 1.28. The summed E-state index contributed by atoms with van der Waals surface area (Å²) in [4.78, 5) is 8.63. The fraction of sp³-hybridized carbons (Fsp3) is 0.214. The predicted octanol–water partition coefficient (Wildman–Crippen LogP) is 2.25. The number of rotatable bonds is 5. The van der Waals surface area contributed by atoms with Gasteiger partial charge in [-0.3, -0.25) is 0 Å². The van der Waals surface area contributed by atoms with Crippen LogP contribution >= 0.6 is 15.9 Å². The van der Waals surface area contributed by atoms with Crippen LogP contribution in [0.5, 0.6) is 0 Å². The molecule has 3 aromatic rings. The summed E-state index contributed by atoms with van der Waals surface area (Å²) in [5.74, 6) is 1.05. The van der Waals surface area contributed by atoms with E-state index < -0.39 is 0 Å². The van der Waals surface area contributed by atoms with Crippen molar-refractivity contribution in [3.05, 3.63) is 52.7 Å². The summed E-state index contributed by atoms with van der Waals surface area (Å²) < 4.78 is 8.20. The minimum atomic E-state index is 0.424. The topological polar surface area (TPSA) is 82.8 Å². The zero-order chi connectivity index (χ0) is 14.7. The number of hydrogen-bond donors (Lipinski definition) is 1. The van der Waals surface area contributed by atoms with E-state index >= 15 is 0 Å². The Hall–Kier alpha value is -1.99. The normalized spacial score (nSPS) is 11.0. The monoisotopic (exact) mass is 347 g/mol. The minimum Gasteiger partial charge on any atom is -0.335 e. The van der Waals surface area contributed by atoms with Gasteiger partial charge in [-0.15, -0.1) is 0 Å². The molecule has 3 rings (SSSR count). The zero-order valence-corrected chi connectivity index (χ0v) is 12.8. The molecule has 7 heteroatoms. The van der Waals surface area contributed by atoms with E-state index in [1.165, 1.54) is 0 Å². The van der Waals surface area contributed by atoms with Gasteiger partial charge >= 0.3 is 0 Å². The van der Waals surface area contributed by atoms with Gasteiger partial charge in [0.15, 0.2) is 5.82 Å². The van der Waals surface area contributed by atoms with Crippen molar-refractivity contribution >= 4 is 15.9 Å². The van der Waals surface area contributed by atoms with Crippen molar-refractivity contribution in [2.45, 2.75) is 13.0 Å². The average molecular weight is 348 g/mol. The van der Waals surface area contributed by atoms with E-state index in [-0.39, 0.29) is 0 Å². The van der Waals surface area contributed by atoms with E-state index in [1.54, 1.807) is 6.33 Å². The van der Waals surface area contributed by atoms with Crippen LogP contribution < -0.4 is 5.73 Å². The van der Waals surface area contributed by atoms with Gasteiger partial charge in [0.05, 0.1) is 6.33 Å². The number of hydrogen-bond acceptors (Lipinski definition) is 5. The van der Waals surface area contributed by atoms with Crippen LogP contribution in [0.4, 0.5) is 0 Å². The molecule has 2 aromatic heterocycles. The van der Waals surface area contributed by atoms with Gasteiger partial charge in [-0.25, -0.2) is 4.98 Å². The molecule has 0 amide bonds. The van der Waals surface area contributed by atoms with Crippen molar-refractivity contribution in [1.29, 1.82) is 0 Å². The summed E-state index contributed by atoms with van der Waals surface area (Å²) in [5.41, 5.74) is 7.28. The first-order valence-electron chi connectivity index (χ1n) is 6.54. The van der Waals surface area contributed by atoms with Crippen LogP contribution in [0.2, 0.25) is 0 Å². The second kappa shape index (κ2) is 6.19. The highest BCUT2D eigenvalue weighted by molar-refractivity contribution is 9.10. The second-order valence-corrected chi connectivity index (χ2v) is 5.42. The van der Waals surface area contributed by atoms with Gasteiger partial charge in [0, 0.05) is 30.2 Å². The lowest BCUT2D eigenvalue weighted by Crippen LogP contribution is -2.07. The number of imidazole rings is 1. The van der Waals surface area contributed by atoms with Crippen LogP contribution in [0, 0.1) is 0 Å². The maximum atomic E-state index is 5.51. The number of halogens is 1. The molecule has 0 saturated carbocycles. The summed E-state index contributed by atoms with van der Waals surface area (Å²) in [5, 5.41) is 4.00. The summed E-state index contributed by atoms with van der Waals surface area (Å²) in [6.07, 6.45) is 4.16. The molecule has 0 aliphatic heterocycles. The van der Waals surface area contributed by atoms with E-state index in [0.717, 1.165) is 10.0 Å². The average Bonchev–Trinajstić information content (AvgIpc) is 3.11. The van der Waals surface area contributed by atoms with Crippen molar-refractivity contribution in [2.75, 3.05) is 6.54 Å². The van der Waals surface area contributed by atoms with E-state index in [4.69, 9.17) is 10.3 Å². The maximum absolute atomic E-state index is 5.51. The quantitative estimate of drug-likeness (QED) is 0.765. The van der Waals surface area contributed by atoms with Crippen LogP contribution in [0.15, 0.2) is 45.8 Å². The molecule has 2 N–H and O–H groups in total. The van der Waals surface area contributed by atoms with Crippen molar-refractivity contribution in [3.63, 3.8) is 0 Å². The predicted molar refractivity (Wildman–Crippen MR) is 81.5 cm³/mol. The molecule has 0 unspecified atom stereocenters. The van der Waals surface area contributed by atoms with Crippen LogP contribution in [-0.4, -0.2) is 26.2 Å². The third-order valence-corrected chi connectivity index (χ3v) is 3.79. The van der Waals surface area contributed by atoms with Crippen molar-refractivity contribution in [3.8, 4) is 11.6 Å². The Bertz CT molecular complexity index is 736. The maximum Gasteiger partial charge on any atom is 0.278 e. The number of nitrogens with zero attached hydrogens (tertiary/aromatic N) is 4. The number of benzene rings is 1. The van der Waals surface area contributed by atoms with Crippen LogP contribution in [0.25, 0.3) is 11.6 Å². The molecule has 2 heterocycles. The Morgan fingerprint density at radius 3 is 2.95 bits per heavy atom. The molecule has 0 bridgehead atoms. The summed E-state index contributed by atoms with van der Waals surface area (Å²) >= 11 is 3.51. The van der Waals surface area contributed by atoms with Crippen molar-refractivity contribution in [2.24, 2.45) is 5.73 Å². The third kappa shape index (κ3) is 3.20. The molecule has 0 radical (unpaired) electrons. The molecule has 0 aliphatic carbocycles. The van der Waals surface area contributed by atoms with Crippen molar-refractivity contribution < 1.29 is 4.52 Å². The Morgan fingerprint density at radius 1 is 1.29 bits per heavy atom. The molecule has 0 spiro atoms. The first-order valence-corrected chi connectivity index (χ1v) is 7.34. The standard InChI is InChI=1S/C14H14BrN5O/c15-11-4-2-1-3-10(11)7-13-18-14(21-19-13)12-8-20(6-5-16)9-17-12/h1-4,8-9H,5-7,16H2. The molecule has 6 nitrogen and oxygen atoms in total. The highest BCUT2D eigenvalue weighted by Gasteiger charge is 2.12. The lowest BCUT2D eigenvalue weighted by Gasteiger charge is -1.99. The molecule has 21 heavy (non-hydrogen) atoms. The van der Waals surface area contributed by atoms with Gasteiger partial charge < -0.3 is 14.8 Å². The van der Waals surface area contributed by atoms with Crippen LogP contribution in [0.3, 0.4) is 0 Å². The SMILES string of the molecule is NCCn1cnc(-c2nc(Cc3ccccc3Br)no2)c1. The summed E-state index contributed by atoms with van der Waals surface area (Å²) in [7, 11) is 0. The molecule has 108 valence electrons. The van der Waals surface area contributed by atoms with Gasteiger partial charge in [0.25, 0.3) is 5.89 Å². The van der Waals surface area contributed by atoms with Gasteiger partial charge in [-0.1, -0.05) is 39.3 Å². The van der Waals surface area contributed by atoms with Crippen LogP contribution in [0.1, 0.15) is 11.4 Å². The fourth-order valence-electron chi connectivity index (χ4n) is 1.98. The number of aromatic nitrogens is 4. The second-order valence-electron chi connectivity index (χ2n) is 4.57. The van der Waals surface area contributed by atoms with E-state index in [9.17, 15) is 0 Å². The third-order valence-electron chi connectivity index (χ3n) is 3.01. The number of nitrogens with two attached hydrogens (primary N) is 1. The van der Waals surface area contributed by atoms with Crippen molar-refractivity contribution in [1.82, 2.24) is 19.7 Å². The largest absolute Gasteiger partial charge is 0.335 e. The Balaban J connectivity index is 1.78. The van der Waals surface area contributed by atoms with E-state index in [1.807, 2.05) is 35.0 Å².